The normalized spacial score (nSPS) is 25.5. The molecule has 3 fully saturated rings. The van der Waals surface area contributed by atoms with E-state index >= 15 is 0 Å². The third kappa shape index (κ3) is 3.98. The van der Waals surface area contributed by atoms with Gasteiger partial charge < -0.3 is 14.7 Å². The Morgan fingerprint density at radius 3 is 2.25 bits per heavy atom. The maximum Gasteiger partial charge on any atom is 0.254 e. The molecule has 3 atom stereocenters. The molecule has 2 aromatic rings. The van der Waals surface area contributed by atoms with E-state index in [9.17, 15) is 14.0 Å². The van der Waals surface area contributed by atoms with E-state index in [4.69, 9.17) is 0 Å². The topological polar surface area (TPSA) is 43.9 Å². The molecule has 168 valence electrons. The van der Waals surface area contributed by atoms with E-state index in [1.54, 1.807) is 0 Å². The number of carbonyl (C=O) groups excluding carboxylic acids is 2. The van der Waals surface area contributed by atoms with Crippen molar-refractivity contribution < 1.29 is 14.0 Å². The Hall–Kier alpha value is -2.89. The van der Waals surface area contributed by atoms with Crippen molar-refractivity contribution in [2.75, 3.05) is 31.1 Å². The number of carbonyl (C=O) groups is 2. The first kappa shape index (κ1) is 21.0. The summed E-state index contributed by atoms with van der Waals surface area (Å²) in [7, 11) is 0. The highest BCUT2D eigenvalue weighted by Gasteiger charge is 2.48. The summed E-state index contributed by atoms with van der Waals surface area (Å²) in [4.78, 5) is 33.2. The molecule has 2 aliphatic heterocycles. The Morgan fingerprint density at radius 1 is 0.844 bits per heavy atom. The second kappa shape index (κ2) is 8.93. The summed E-state index contributed by atoms with van der Waals surface area (Å²) < 4.78 is 13.4. The molecule has 32 heavy (non-hydrogen) atoms. The summed E-state index contributed by atoms with van der Waals surface area (Å²) in [5.41, 5.74) is 1.64. The van der Waals surface area contributed by atoms with Gasteiger partial charge in [0.2, 0.25) is 5.91 Å². The van der Waals surface area contributed by atoms with Crippen LogP contribution in [0.2, 0.25) is 0 Å². The van der Waals surface area contributed by atoms with Gasteiger partial charge in [-0.15, -0.1) is 0 Å². The van der Waals surface area contributed by atoms with Crippen molar-refractivity contribution in [3.63, 3.8) is 0 Å². The second-order valence-electron chi connectivity index (χ2n) is 9.23. The minimum absolute atomic E-state index is 0.0718. The highest BCUT2D eigenvalue weighted by atomic mass is 19.1. The van der Waals surface area contributed by atoms with E-state index in [0.717, 1.165) is 45.2 Å². The molecule has 0 unspecified atom stereocenters. The summed E-state index contributed by atoms with van der Waals surface area (Å²) in [6, 6.07) is 15.7. The molecule has 2 saturated heterocycles. The predicted molar refractivity (Wildman–Crippen MR) is 122 cm³/mol. The van der Waals surface area contributed by atoms with Gasteiger partial charge in [-0.25, -0.2) is 4.39 Å². The summed E-state index contributed by atoms with van der Waals surface area (Å²) in [5.74, 6) is -0.0432. The van der Waals surface area contributed by atoms with E-state index in [1.165, 1.54) is 30.0 Å². The number of amides is 2. The van der Waals surface area contributed by atoms with Gasteiger partial charge in [0, 0.05) is 43.5 Å². The number of para-hydroxylation sites is 1. The lowest BCUT2D eigenvalue weighted by Crippen LogP contribution is -2.55. The van der Waals surface area contributed by atoms with Crippen molar-refractivity contribution >= 4 is 17.5 Å². The van der Waals surface area contributed by atoms with Gasteiger partial charge in [0.25, 0.3) is 5.91 Å². The van der Waals surface area contributed by atoms with Crippen LogP contribution in [0.1, 0.15) is 42.5 Å². The molecule has 2 amide bonds. The fourth-order valence-corrected chi connectivity index (χ4v) is 5.75. The second-order valence-corrected chi connectivity index (χ2v) is 9.23. The number of anilines is 1. The van der Waals surface area contributed by atoms with Crippen LogP contribution in [0.3, 0.4) is 0 Å². The number of halogens is 1. The van der Waals surface area contributed by atoms with Crippen LogP contribution in [0.4, 0.5) is 10.1 Å². The standard InChI is InChI=1S/C26H30FN3O2/c27-21-12-10-19(11-13-21)25(31)30-23-9-5-4-6-20(23)18-24(30)26(32)29-16-14-28(15-17-29)22-7-2-1-3-8-22/h1-3,7-8,10-13,20,23-24H,4-6,9,14-18H2/t20-,23-,24-/m0/s1. The van der Waals surface area contributed by atoms with Gasteiger partial charge in [0.15, 0.2) is 0 Å². The lowest BCUT2D eigenvalue weighted by atomic mass is 9.84. The van der Waals surface area contributed by atoms with Gasteiger partial charge in [-0.05, 0) is 61.6 Å². The molecule has 2 heterocycles. The molecule has 1 saturated carbocycles. The number of rotatable bonds is 3. The number of piperazine rings is 1. The molecule has 1 aliphatic carbocycles. The van der Waals surface area contributed by atoms with Crippen LogP contribution in [0.15, 0.2) is 54.6 Å². The predicted octanol–water partition coefficient (Wildman–Crippen LogP) is 3.95. The Labute approximate surface area is 188 Å². The molecule has 0 bridgehead atoms. The number of fused-ring (bicyclic) bond motifs is 1. The zero-order chi connectivity index (χ0) is 22.1. The van der Waals surface area contributed by atoms with Gasteiger partial charge in [0.1, 0.15) is 11.9 Å². The molecule has 5 rings (SSSR count). The van der Waals surface area contributed by atoms with Gasteiger partial charge in [0.05, 0.1) is 0 Å². The van der Waals surface area contributed by atoms with Gasteiger partial charge in [-0.2, -0.15) is 0 Å². The summed E-state index contributed by atoms with van der Waals surface area (Å²) in [6.45, 7) is 2.92. The van der Waals surface area contributed by atoms with Crippen LogP contribution in [0.5, 0.6) is 0 Å². The molecule has 6 heteroatoms. The van der Waals surface area contributed by atoms with Gasteiger partial charge in [-0.3, -0.25) is 9.59 Å². The van der Waals surface area contributed by atoms with Crippen molar-refractivity contribution in [3.05, 3.63) is 66.0 Å². The average molecular weight is 436 g/mol. The van der Waals surface area contributed by atoms with Crippen molar-refractivity contribution in [2.24, 2.45) is 5.92 Å². The Morgan fingerprint density at radius 2 is 1.53 bits per heavy atom. The quantitative estimate of drug-likeness (QED) is 0.733. The van der Waals surface area contributed by atoms with E-state index in [1.807, 2.05) is 28.0 Å². The van der Waals surface area contributed by atoms with Crippen LogP contribution in [0, 0.1) is 11.7 Å². The van der Waals surface area contributed by atoms with Crippen molar-refractivity contribution in [1.29, 1.82) is 0 Å². The molecule has 0 spiro atoms. The maximum absolute atomic E-state index is 13.6. The lowest BCUT2D eigenvalue weighted by molar-refractivity contribution is -0.136. The summed E-state index contributed by atoms with van der Waals surface area (Å²) >= 11 is 0. The minimum atomic E-state index is -0.413. The van der Waals surface area contributed by atoms with E-state index < -0.39 is 6.04 Å². The molecule has 3 aliphatic rings. The van der Waals surface area contributed by atoms with Crippen molar-refractivity contribution in [3.8, 4) is 0 Å². The zero-order valence-electron chi connectivity index (χ0n) is 18.3. The van der Waals surface area contributed by atoms with Crippen LogP contribution in [-0.2, 0) is 4.79 Å². The third-order valence-electron chi connectivity index (χ3n) is 7.41. The molecular weight excluding hydrogens is 405 g/mol. The summed E-state index contributed by atoms with van der Waals surface area (Å²) in [6.07, 6.45) is 5.02. The maximum atomic E-state index is 13.6. The number of nitrogens with zero attached hydrogens (tertiary/aromatic N) is 3. The summed E-state index contributed by atoms with van der Waals surface area (Å²) in [5, 5.41) is 0. The zero-order valence-corrected chi connectivity index (χ0v) is 18.3. The van der Waals surface area contributed by atoms with Crippen molar-refractivity contribution in [1.82, 2.24) is 9.80 Å². The van der Waals surface area contributed by atoms with E-state index in [2.05, 4.69) is 17.0 Å². The number of likely N-dealkylation sites (tertiary alicyclic amines) is 1. The number of hydrogen-bond donors (Lipinski definition) is 0. The fourth-order valence-electron chi connectivity index (χ4n) is 5.75. The van der Waals surface area contributed by atoms with Crippen LogP contribution in [0.25, 0.3) is 0 Å². The minimum Gasteiger partial charge on any atom is -0.368 e. The highest BCUT2D eigenvalue weighted by Crippen LogP contribution is 2.41. The third-order valence-corrected chi connectivity index (χ3v) is 7.41. The number of hydrogen-bond acceptors (Lipinski definition) is 3. The Kier molecular flexibility index (Phi) is 5.85. The number of benzene rings is 2. The lowest BCUT2D eigenvalue weighted by Gasteiger charge is -2.39. The van der Waals surface area contributed by atoms with Crippen molar-refractivity contribution in [2.45, 2.75) is 44.2 Å². The molecule has 5 nitrogen and oxygen atoms in total. The molecular formula is C26H30FN3O2. The molecule has 2 aromatic carbocycles. The van der Waals surface area contributed by atoms with E-state index in [-0.39, 0.29) is 23.7 Å². The van der Waals surface area contributed by atoms with Crippen LogP contribution in [-0.4, -0.2) is 59.9 Å². The van der Waals surface area contributed by atoms with Gasteiger partial charge in [-0.1, -0.05) is 31.0 Å². The molecule has 0 N–H and O–H groups in total. The molecule has 0 radical (unpaired) electrons. The van der Waals surface area contributed by atoms with E-state index in [0.29, 0.717) is 24.6 Å². The Bertz CT molecular complexity index is 957. The van der Waals surface area contributed by atoms with Crippen LogP contribution < -0.4 is 4.90 Å². The van der Waals surface area contributed by atoms with Gasteiger partial charge >= 0.3 is 0 Å². The smallest absolute Gasteiger partial charge is 0.254 e. The first-order valence-corrected chi connectivity index (χ1v) is 11.8. The Balaban J connectivity index is 1.33. The SMILES string of the molecule is O=C([C@@H]1C[C@@H]2CCCC[C@@H]2N1C(=O)c1ccc(F)cc1)N1CCN(c2ccccc2)CC1. The monoisotopic (exact) mass is 435 g/mol. The highest BCUT2D eigenvalue weighted by molar-refractivity contribution is 5.98. The molecule has 0 aromatic heterocycles. The largest absolute Gasteiger partial charge is 0.368 e. The average Bonchev–Trinajstić information content (AvgIpc) is 3.24. The fraction of sp³-hybridized carbons (Fsp3) is 0.462. The first-order chi connectivity index (χ1) is 15.6. The van der Waals surface area contributed by atoms with Crippen LogP contribution >= 0.6 is 0 Å². The first-order valence-electron chi connectivity index (χ1n) is 11.8.